The van der Waals surface area contributed by atoms with Crippen molar-refractivity contribution < 1.29 is 19.1 Å². The lowest BCUT2D eigenvalue weighted by Gasteiger charge is -2.24. The summed E-state index contributed by atoms with van der Waals surface area (Å²) in [6.07, 6.45) is 0. The monoisotopic (exact) mass is 304 g/mol. The van der Waals surface area contributed by atoms with Crippen LogP contribution in [-0.4, -0.2) is 37.4 Å². The second-order valence-electron chi connectivity index (χ2n) is 5.14. The Balaban J connectivity index is 2.40. The zero-order valence-electron chi connectivity index (χ0n) is 13.2. The van der Waals surface area contributed by atoms with E-state index >= 15 is 0 Å². The molecule has 0 amide bonds. The topological polar surface area (TPSA) is 68.2 Å². The van der Waals surface area contributed by atoms with Crippen molar-refractivity contribution in [2.75, 3.05) is 18.7 Å². The van der Waals surface area contributed by atoms with E-state index in [2.05, 4.69) is 5.10 Å². The van der Waals surface area contributed by atoms with E-state index in [9.17, 15) is 9.59 Å². The summed E-state index contributed by atoms with van der Waals surface area (Å²) < 4.78 is 9.87. The lowest BCUT2D eigenvalue weighted by Crippen LogP contribution is -2.41. The molecule has 22 heavy (non-hydrogen) atoms. The second-order valence-corrected chi connectivity index (χ2v) is 5.14. The number of methoxy groups -OCH3 is 1. The number of hydrogen-bond donors (Lipinski definition) is 0. The molecule has 0 fully saturated rings. The molecule has 2 atom stereocenters. The summed E-state index contributed by atoms with van der Waals surface area (Å²) in [4.78, 5) is 24.1. The van der Waals surface area contributed by atoms with E-state index in [-0.39, 0.29) is 12.3 Å². The van der Waals surface area contributed by atoms with Crippen molar-refractivity contribution in [2.24, 2.45) is 11.0 Å². The molecule has 0 N–H and O–H groups in total. The first-order valence-corrected chi connectivity index (χ1v) is 7.19. The summed E-state index contributed by atoms with van der Waals surface area (Å²) in [7, 11) is 1.30. The summed E-state index contributed by atoms with van der Waals surface area (Å²) in [5.74, 6) is -1.34. The molecule has 1 aliphatic heterocycles. The normalized spacial score (nSPS) is 20.5. The summed E-state index contributed by atoms with van der Waals surface area (Å²) in [6, 6.07) is 6.90. The third-order valence-corrected chi connectivity index (χ3v) is 3.61. The largest absolute Gasteiger partial charge is 0.464 e. The minimum Gasteiger partial charge on any atom is -0.464 e. The van der Waals surface area contributed by atoms with Crippen LogP contribution in [0.1, 0.15) is 19.4 Å². The van der Waals surface area contributed by atoms with E-state index in [0.717, 1.165) is 11.3 Å². The van der Waals surface area contributed by atoms with Gasteiger partial charge in [0.05, 0.1) is 19.4 Å². The van der Waals surface area contributed by atoms with Crippen molar-refractivity contribution in [3.8, 4) is 0 Å². The molecule has 0 bridgehead atoms. The lowest BCUT2D eigenvalue weighted by atomic mass is 9.97. The maximum Gasteiger partial charge on any atom is 0.354 e. The Morgan fingerprint density at radius 3 is 2.45 bits per heavy atom. The molecule has 2 rings (SSSR count). The van der Waals surface area contributed by atoms with Crippen molar-refractivity contribution in [1.29, 1.82) is 0 Å². The van der Waals surface area contributed by atoms with Crippen LogP contribution in [0.2, 0.25) is 0 Å². The molecular formula is C16H20N2O4. The number of ether oxygens (including phenoxy) is 2. The number of aryl methyl sites for hydroxylation is 1. The summed E-state index contributed by atoms with van der Waals surface area (Å²) in [5.41, 5.74) is 2.05. The van der Waals surface area contributed by atoms with Crippen LogP contribution < -0.4 is 5.01 Å². The van der Waals surface area contributed by atoms with Gasteiger partial charge in [0.1, 0.15) is 0 Å². The quantitative estimate of drug-likeness (QED) is 0.795. The fourth-order valence-corrected chi connectivity index (χ4v) is 2.41. The average Bonchev–Trinajstić information content (AvgIpc) is 2.85. The number of hydrazone groups is 1. The zero-order valence-corrected chi connectivity index (χ0v) is 13.2. The number of carbonyl (C=O) groups excluding carboxylic acids is 2. The van der Waals surface area contributed by atoms with Gasteiger partial charge in [-0.05, 0) is 26.0 Å². The van der Waals surface area contributed by atoms with Crippen molar-refractivity contribution in [3.05, 3.63) is 29.8 Å². The molecule has 0 radical (unpaired) electrons. The fraction of sp³-hybridized carbons (Fsp3) is 0.438. The van der Waals surface area contributed by atoms with Crippen LogP contribution >= 0.6 is 0 Å². The van der Waals surface area contributed by atoms with Gasteiger partial charge < -0.3 is 9.47 Å². The van der Waals surface area contributed by atoms with Crippen LogP contribution in [-0.2, 0) is 19.1 Å². The first kappa shape index (κ1) is 16.0. The molecule has 6 nitrogen and oxygen atoms in total. The lowest BCUT2D eigenvalue weighted by molar-refractivity contribution is -0.145. The Morgan fingerprint density at radius 1 is 1.27 bits per heavy atom. The van der Waals surface area contributed by atoms with E-state index in [0.29, 0.717) is 0 Å². The third kappa shape index (κ3) is 2.95. The van der Waals surface area contributed by atoms with Gasteiger partial charge in [-0.2, -0.15) is 5.10 Å². The van der Waals surface area contributed by atoms with Crippen LogP contribution in [0.25, 0.3) is 0 Å². The molecular weight excluding hydrogens is 284 g/mol. The molecule has 0 saturated carbocycles. The molecule has 0 aromatic heterocycles. The van der Waals surface area contributed by atoms with E-state index < -0.39 is 23.9 Å². The third-order valence-electron chi connectivity index (χ3n) is 3.61. The number of carbonyl (C=O) groups is 2. The predicted molar refractivity (Wildman–Crippen MR) is 82.7 cm³/mol. The SMILES string of the molecule is CCOC(=O)[C@@H]1[C@@H](C)C(C(=O)OC)=NN1c1ccc(C)cc1. The minimum absolute atomic E-state index is 0.223. The van der Waals surface area contributed by atoms with Crippen molar-refractivity contribution in [1.82, 2.24) is 0 Å². The molecule has 0 spiro atoms. The first-order valence-electron chi connectivity index (χ1n) is 7.19. The Hall–Kier alpha value is -2.37. The molecule has 0 aliphatic carbocycles. The Bertz CT molecular complexity index is 595. The predicted octanol–water partition coefficient (Wildman–Crippen LogP) is 1.91. The highest BCUT2D eigenvalue weighted by Gasteiger charge is 2.44. The summed E-state index contributed by atoms with van der Waals surface area (Å²) in [6.45, 7) is 5.76. The molecule has 1 aromatic rings. The van der Waals surface area contributed by atoms with Crippen LogP contribution in [0.4, 0.5) is 5.69 Å². The van der Waals surface area contributed by atoms with Gasteiger partial charge in [-0.15, -0.1) is 0 Å². The van der Waals surface area contributed by atoms with Crippen LogP contribution in [0, 0.1) is 12.8 Å². The van der Waals surface area contributed by atoms with Crippen molar-refractivity contribution >= 4 is 23.3 Å². The van der Waals surface area contributed by atoms with Gasteiger partial charge in [-0.3, -0.25) is 0 Å². The standard InChI is InChI=1S/C16H20N2O4/c1-5-22-16(20)14-11(3)13(15(19)21-4)17-18(14)12-8-6-10(2)7-9-12/h6-9,11,14H,5H2,1-4H3/t11-,14-/m0/s1. The highest BCUT2D eigenvalue weighted by Crippen LogP contribution is 2.29. The first-order chi connectivity index (χ1) is 10.5. The molecule has 0 saturated heterocycles. The molecule has 6 heteroatoms. The number of nitrogens with zero attached hydrogens (tertiary/aromatic N) is 2. The smallest absolute Gasteiger partial charge is 0.354 e. The average molecular weight is 304 g/mol. The number of rotatable bonds is 4. The highest BCUT2D eigenvalue weighted by atomic mass is 16.5. The summed E-state index contributed by atoms with van der Waals surface area (Å²) in [5, 5.41) is 5.84. The molecule has 118 valence electrons. The van der Waals surface area contributed by atoms with Gasteiger partial charge >= 0.3 is 11.9 Å². The molecule has 1 heterocycles. The molecule has 1 aliphatic rings. The number of hydrogen-bond acceptors (Lipinski definition) is 6. The maximum atomic E-state index is 12.3. The van der Waals surface area contributed by atoms with Gasteiger partial charge in [0.25, 0.3) is 0 Å². The van der Waals surface area contributed by atoms with Crippen LogP contribution in [0.5, 0.6) is 0 Å². The van der Waals surface area contributed by atoms with Crippen molar-refractivity contribution in [3.63, 3.8) is 0 Å². The number of benzene rings is 1. The van der Waals surface area contributed by atoms with Crippen LogP contribution in [0.15, 0.2) is 29.4 Å². The molecule has 1 aromatic carbocycles. The second kappa shape index (κ2) is 6.60. The Labute approximate surface area is 129 Å². The van der Waals surface area contributed by atoms with Gasteiger partial charge in [-0.25, -0.2) is 14.6 Å². The number of anilines is 1. The van der Waals surface area contributed by atoms with Gasteiger partial charge in [0.15, 0.2) is 11.8 Å². The summed E-state index contributed by atoms with van der Waals surface area (Å²) >= 11 is 0. The maximum absolute atomic E-state index is 12.3. The van der Waals surface area contributed by atoms with E-state index in [1.54, 1.807) is 13.8 Å². The minimum atomic E-state index is -0.670. The van der Waals surface area contributed by atoms with Gasteiger partial charge in [0, 0.05) is 5.92 Å². The van der Waals surface area contributed by atoms with E-state index in [4.69, 9.17) is 9.47 Å². The highest BCUT2D eigenvalue weighted by molar-refractivity contribution is 6.38. The van der Waals surface area contributed by atoms with Crippen LogP contribution in [0.3, 0.4) is 0 Å². The molecule has 0 unspecified atom stereocenters. The van der Waals surface area contributed by atoms with Gasteiger partial charge in [0.2, 0.25) is 0 Å². The fourth-order valence-electron chi connectivity index (χ4n) is 2.41. The van der Waals surface area contributed by atoms with E-state index in [1.807, 2.05) is 31.2 Å². The van der Waals surface area contributed by atoms with Gasteiger partial charge in [-0.1, -0.05) is 24.6 Å². The number of esters is 2. The zero-order chi connectivity index (χ0) is 16.3. The van der Waals surface area contributed by atoms with E-state index in [1.165, 1.54) is 12.1 Å². The van der Waals surface area contributed by atoms with Crippen molar-refractivity contribution in [2.45, 2.75) is 26.8 Å². The Morgan fingerprint density at radius 2 is 1.91 bits per heavy atom. The Kier molecular flexibility index (Phi) is 4.80.